The van der Waals surface area contributed by atoms with Crippen molar-refractivity contribution in [3.05, 3.63) is 41.7 Å². The zero-order valence-electron chi connectivity index (χ0n) is 24.8. The molecule has 6 N–H and O–H groups in total. The molecule has 2 aliphatic rings. The molecule has 0 saturated carbocycles. The molecule has 0 fully saturated rings. The number of benzene rings is 1. The number of unbranched alkanes of at least 4 members (excludes halogenated alkanes) is 1. The Morgan fingerprint density at radius 1 is 0.886 bits per heavy atom. The van der Waals surface area contributed by atoms with E-state index >= 15 is 0 Å². The van der Waals surface area contributed by atoms with Gasteiger partial charge in [-0.25, -0.2) is 9.78 Å². The number of carbonyl (C=O) groups is 3. The third-order valence-corrected chi connectivity index (χ3v) is 7.17. The van der Waals surface area contributed by atoms with Crippen LogP contribution < -0.4 is 30.7 Å². The highest BCUT2D eigenvalue weighted by atomic mass is 35.5. The van der Waals surface area contributed by atoms with Crippen LogP contribution in [0.5, 0.6) is 11.5 Å². The number of nitrogens with one attached hydrogen (secondary N) is 6. The monoisotopic (exact) mass is 627 g/mol. The second kappa shape index (κ2) is 16.3. The molecule has 0 radical (unpaired) electrons. The molecular formula is C30H38ClN7O6. The highest BCUT2D eigenvalue weighted by Gasteiger charge is 2.20. The first kappa shape index (κ1) is 32.3. The molecule has 0 atom stereocenters. The van der Waals surface area contributed by atoms with Crippen LogP contribution in [0.3, 0.4) is 0 Å². The van der Waals surface area contributed by atoms with Crippen LogP contribution in [0.4, 0.5) is 16.3 Å². The Morgan fingerprint density at radius 3 is 2.32 bits per heavy atom. The maximum Gasteiger partial charge on any atom is 0.406 e. The van der Waals surface area contributed by atoms with Gasteiger partial charge in [-0.05, 0) is 61.4 Å². The van der Waals surface area contributed by atoms with E-state index in [1.807, 2.05) is 30.3 Å². The standard InChI is InChI=1S/C30H38ClN7O6/c1-42-23-18-20-19(16-21-27(20)37-38-29(21)36-22-8-5-13-34-28(22)31)17-24(23)44-15-7-10-26(40)33-12-4-3-11-32-25(39)9-6-14-35-30(41)43-2/h5,8,13,16-18,36-38H,3-4,6-7,9-12,14-15H2,1-2H3,(H,32,39)(H,33,40)(H,35,41). The molecule has 0 bridgehead atoms. The Balaban J connectivity index is 1.15. The Kier molecular flexibility index (Phi) is 11.9. The molecule has 0 saturated heterocycles. The van der Waals surface area contributed by atoms with Gasteiger partial charge in [0, 0.05) is 49.6 Å². The number of fused-ring (bicyclic) bond motifs is 3. The predicted molar refractivity (Wildman–Crippen MR) is 168 cm³/mol. The van der Waals surface area contributed by atoms with Crippen molar-refractivity contribution in [2.24, 2.45) is 0 Å². The Bertz CT molecular complexity index is 1520. The third kappa shape index (κ3) is 8.93. The molecule has 1 aliphatic carbocycles. The summed E-state index contributed by atoms with van der Waals surface area (Å²) in [5.41, 5.74) is 2.55. The summed E-state index contributed by atoms with van der Waals surface area (Å²) < 4.78 is 16.1. The summed E-state index contributed by atoms with van der Waals surface area (Å²) >= 11 is 6.21. The lowest BCUT2D eigenvalue weighted by molar-refractivity contribution is -0.122. The number of anilines is 2. The number of aromatic amines is 2. The minimum Gasteiger partial charge on any atom is -0.493 e. The number of rotatable bonds is 17. The highest BCUT2D eigenvalue weighted by Crippen LogP contribution is 2.43. The molecular weight excluding hydrogens is 590 g/mol. The lowest BCUT2D eigenvalue weighted by Gasteiger charge is -2.11. The number of hydrogen-bond donors (Lipinski definition) is 6. The lowest BCUT2D eigenvalue weighted by Crippen LogP contribution is -2.28. The van der Waals surface area contributed by atoms with Gasteiger partial charge in [0.25, 0.3) is 0 Å². The number of methoxy groups -OCH3 is 2. The van der Waals surface area contributed by atoms with E-state index in [-0.39, 0.29) is 11.8 Å². The largest absolute Gasteiger partial charge is 0.493 e. The molecule has 1 aromatic heterocycles. The van der Waals surface area contributed by atoms with Crippen LogP contribution in [0.1, 0.15) is 38.5 Å². The molecule has 0 spiro atoms. The maximum atomic E-state index is 12.2. The molecule has 2 aromatic rings. The average molecular weight is 628 g/mol. The fourth-order valence-electron chi connectivity index (χ4n) is 4.60. The van der Waals surface area contributed by atoms with Gasteiger partial charge in [0.15, 0.2) is 16.7 Å². The number of pyridine rings is 1. The quantitative estimate of drug-likeness (QED) is 0.0722. The van der Waals surface area contributed by atoms with Crippen molar-refractivity contribution >= 4 is 51.8 Å². The summed E-state index contributed by atoms with van der Waals surface area (Å²) in [5, 5.41) is 20.2. The SMILES string of the molecule is COC(=O)NCCCC(=O)NCCCCNC(=O)CCCOc1cc2cc3c(Nc4cccnc4Cl)[nH][nH]c-3c2cc1OC. The van der Waals surface area contributed by atoms with E-state index in [4.69, 9.17) is 21.1 Å². The van der Waals surface area contributed by atoms with E-state index < -0.39 is 6.09 Å². The molecule has 44 heavy (non-hydrogen) atoms. The third-order valence-electron chi connectivity index (χ3n) is 6.86. The first-order chi connectivity index (χ1) is 21.4. The number of nitrogens with zero attached hydrogens (tertiary/aromatic N) is 1. The van der Waals surface area contributed by atoms with Crippen molar-refractivity contribution in [1.29, 1.82) is 0 Å². The van der Waals surface area contributed by atoms with Crippen LogP contribution in [-0.2, 0) is 14.3 Å². The first-order valence-corrected chi connectivity index (χ1v) is 14.8. The summed E-state index contributed by atoms with van der Waals surface area (Å²) in [7, 11) is 2.89. The molecule has 1 aromatic carbocycles. The van der Waals surface area contributed by atoms with Gasteiger partial charge in [-0.3, -0.25) is 19.8 Å². The molecule has 14 heteroatoms. The van der Waals surface area contributed by atoms with E-state index in [0.29, 0.717) is 74.3 Å². The molecule has 13 nitrogen and oxygen atoms in total. The normalized spacial score (nSPS) is 10.9. The summed E-state index contributed by atoms with van der Waals surface area (Å²) in [6.45, 7) is 1.81. The van der Waals surface area contributed by atoms with E-state index in [1.54, 1.807) is 13.3 Å². The molecule has 1 aliphatic heterocycles. The van der Waals surface area contributed by atoms with Crippen molar-refractivity contribution in [3.8, 4) is 22.8 Å². The number of halogens is 1. The van der Waals surface area contributed by atoms with Gasteiger partial charge < -0.3 is 35.5 Å². The van der Waals surface area contributed by atoms with Gasteiger partial charge in [0.2, 0.25) is 11.8 Å². The fourth-order valence-corrected chi connectivity index (χ4v) is 4.77. The first-order valence-electron chi connectivity index (χ1n) is 14.5. The van der Waals surface area contributed by atoms with Crippen molar-refractivity contribution in [3.63, 3.8) is 0 Å². The second-order valence-electron chi connectivity index (χ2n) is 10.00. The average Bonchev–Trinajstić information content (AvgIpc) is 3.58. The number of alkyl carbamates (subject to hydrolysis) is 1. The van der Waals surface area contributed by atoms with Gasteiger partial charge in [0.05, 0.1) is 32.2 Å². The van der Waals surface area contributed by atoms with E-state index in [9.17, 15) is 14.4 Å². The van der Waals surface area contributed by atoms with Crippen LogP contribution in [0, 0.1) is 0 Å². The maximum absolute atomic E-state index is 12.2. The number of hydrogen-bond acceptors (Lipinski definition) is 8. The van der Waals surface area contributed by atoms with Gasteiger partial charge in [-0.2, -0.15) is 0 Å². The van der Waals surface area contributed by atoms with Gasteiger partial charge in [-0.1, -0.05) is 11.6 Å². The molecule has 236 valence electrons. The van der Waals surface area contributed by atoms with Crippen LogP contribution in [-0.4, -0.2) is 73.5 Å². The van der Waals surface area contributed by atoms with Crippen molar-refractivity contribution in [2.75, 3.05) is 45.8 Å². The summed E-state index contributed by atoms with van der Waals surface area (Å²) in [4.78, 5) is 39.1. The molecule has 4 rings (SSSR count). The Morgan fingerprint density at radius 2 is 1.61 bits per heavy atom. The molecule has 0 unspecified atom stereocenters. The number of H-pyrrole nitrogens is 2. The Labute approximate surface area is 260 Å². The van der Waals surface area contributed by atoms with Crippen LogP contribution in [0.25, 0.3) is 22.0 Å². The van der Waals surface area contributed by atoms with Gasteiger partial charge in [-0.15, -0.1) is 0 Å². The molecule has 2 heterocycles. The van der Waals surface area contributed by atoms with E-state index in [1.165, 1.54) is 7.11 Å². The number of amides is 3. The van der Waals surface area contributed by atoms with Gasteiger partial charge in [0.1, 0.15) is 5.82 Å². The zero-order valence-corrected chi connectivity index (χ0v) is 25.6. The zero-order chi connectivity index (χ0) is 31.3. The number of aromatic nitrogens is 3. The lowest BCUT2D eigenvalue weighted by atomic mass is 10.2. The molecule has 3 amide bonds. The number of ether oxygens (including phenoxy) is 3. The van der Waals surface area contributed by atoms with Crippen LogP contribution in [0.15, 0.2) is 36.5 Å². The minimum absolute atomic E-state index is 0.0477. The topological polar surface area (TPSA) is 171 Å². The van der Waals surface area contributed by atoms with Crippen LogP contribution >= 0.6 is 11.6 Å². The smallest absolute Gasteiger partial charge is 0.406 e. The van der Waals surface area contributed by atoms with Crippen molar-refractivity contribution < 1.29 is 28.6 Å². The fraction of sp³-hybridized carbons (Fsp3) is 0.400. The van der Waals surface area contributed by atoms with Crippen molar-refractivity contribution in [1.82, 2.24) is 31.1 Å². The summed E-state index contributed by atoms with van der Waals surface area (Å²) in [6, 6.07) is 9.56. The highest BCUT2D eigenvalue weighted by molar-refractivity contribution is 6.32. The van der Waals surface area contributed by atoms with E-state index in [2.05, 4.69) is 41.2 Å². The summed E-state index contributed by atoms with van der Waals surface area (Å²) in [6.07, 6.45) is 4.37. The number of carbonyl (C=O) groups excluding carboxylic acids is 3. The summed E-state index contributed by atoms with van der Waals surface area (Å²) in [5.74, 6) is 1.83. The van der Waals surface area contributed by atoms with Crippen LogP contribution in [0.2, 0.25) is 5.15 Å². The predicted octanol–water partition coefficient (Wildman–Crippen LogP) is 4.71. The Hall–Kier alpha value is -4.65. The van der Waals surface area contributed by atoms with Gasteiger partial charge >= 0.3 is 6.09 Å². The van der Waals surface area contributed by atoms with Crippen molar-refractivity contribution in [2.45, 2.75) is 38.5 Å². The van der Waals surface area contributed by atoms with E-state index in [0.717, 1.165) is 40.7 Å². The minimum atomic E-state index is -0.509. The second-order valence-corrected chi connectivity index (χ2v) is 10.4.